The molecule has 1 aliphatic carbocycles. The lowest BCUT2D eigenvalue weighted by molar-refractivity contribution is -0.284. The highest BCUT2D eigenvalue weighted by molar-refractivity contribution is 6.53. The van der Waals surface area contributed by atoms with Crippen LogP contribution in [0, 0.1) is 11.8 Å². The van der Waals surface area contributed by atoms with Gasteiger partial charge >= 0.3 is 12.4 Å². The Labute approximate surface area is 241 Å². The Morgan fingerprint density at radius 3 is 1.97 bits per heavy atom. The molecule has 0 aliphatic heterocycles. The summed E-state index contributed by atoms with van der Waals surface area (Å²) in [6, 6.07) is 8.07. The van der Waals surface area contributed by atoms with Crippen molar-refractivity contribution in [1.29, 1.82) is 0 Å². The van der Waals surface area contributed by atoms with Gasteiger partial charge in [-0.1, -0.05) is 34.8 Å². The third-order valence-electron chi connectivity index (χ3n) is 5.55. The van der Waals surface area contributed by atoms with Gasteiger partial charge in [0.15, 0.2) is 5.92 Å². The zero-order valence-electron chi connectivity index (χ0n) is 18.8. The molecule has 0 bridgehead atoms. The molecule has 3 rings (SSSR count). The summed E-state index contributed by atoms with van der Waals surface area (Å²) in [6.45, 7) is 0. The van der Waals surface area contributed by atoms with Crippen molar-refractivity contribution in [3.8, 4) is 0 Å². The molecule has 39 heavy (non-hydrogen) atoms. The van der Waals surface area contributed by atoms with Crippen LogP contribution in [0.15, 0.2) is 36.4 Å². The summed E-state index contributed by atoms with van der Waals surface area (Å²) in [7, 11) is 0. The zero-order valence-corrected chi connectivity index (χ0v) is 22.6. The SMILES string of the molecule is O=C(CC(C(F)(F)F)C(F)(F)F)NNC(=O)c1cc(NC(=O)C2C(c3cc(Cl)cc(Cl)c3)C2(Cl)Cl)ccc1Cl. The molecule has 3 N–H and O–H groups in total. The van der Waals surface area contributed by atoms with Gasteiger partial charge in [-0.25, -0.2) is 0 Å². The lowest BCUT2D eigenvalue weighted by atomic mass is 10.0. The second kappa shape index (κ2) is 11.4. The maximum absolute atomic E-state index is 12.9. The molecule has 0 radical (unpaired) electrons. The molecule has 2 atom stereocenters. The second-order valence-corrected chi connectivity index (χ2v) is 11.1. The first-order valence-electron chi connectivity index (χ1n) is 10.5. The highest BCUT2D eigenvalue weighted by Gasteiger charge is 2.67. The van der Waals surface area contributed by atoms with E-state index in [0.717, 1.165) is 6.07 Å². The topological polar surface area (TPSA) is 87.3 Å². The number of nitrogens with one attached hydrogen (secondary N) is 3. The van der Waals surface area contributed by atoms with Crippen molar-refractivity contribution >= 4 is 81.4 Å². The van der Waals surface area contributed by atoms with E-state index in [1.807, 2.05) is 0 Å². The fraction of sp³-hybridized carbons (Fsp3) is 0.318. The van der Waals surface area contributed by atoms with E-state index in [2.05, 4.69) is 5.32 Å². The Bertz CT molecular complexity index is 1270. The fourth-order valence-corrected chi connectivity index (χ4v) is 5.24. The maximum Gasteiger partial charge on any atom is 0.400 e. The first-order chi connectivity index (χ1) is 17.8. The molecule has 0 spiro atoms. The summed E-state index contributed by atoms with van der Waals surface area (Å²) >= 11 is 30.5. The first kappa shape index (κ1) is 31.4. The van der Waals surface area contributed by atoms with Crippen LogP contribution in [0.25, 0.3) is 0 Å². The lowest BCUT2D eigenvalue weighted by Crippen LogP contribution is -2.46. The Kier molecular flexibility index (Phi) is 9.18. The molecule has 0 saturated heterocycles. The maximum atomic E-state index is 12.9. The van der Waals surface area contributed by atoms with E-state index in [-0.39, 0.29) is 16.3 Å². The van der Waals surface area contributed by atoms with E-state index in [1.165, 1.54) is 35.8 Å². The Morgan fingerprint density at radius 2 is 1.44 bits per heavy atom. The average Bonchev–Trinajstić information content (AvgIpc) is 3.37. The highest BCUT2D eigenvalue weighted by atomic mass is 35.5. The number of rotatable bonds is 6. The van der Waals surface area contributed by atoms with Crippen LogP contribution in [-0.2, 0) is 9.59 Å². The minimum absolute atomic E-state index is 0.00833. The van der Waals surface area contributed by atoms with Crippen molar-refractivity contribution in [2.75, 3.05) is 5.32 Å². The minimum Gasteiger partial charge on any atom is -0.326 e. The summed E-state index contributed by atoms with van der Waals surface area (Å²) in [6.07, 6.45) is -13.5. The number of hydrogen-bond donors (Lipinski definition) is 3. The molecule has 2 aromatic carbocycles. The van der Waals surface area contributed by atoms with Gasteiger partial charge in [-0.2, -0.15) is 26.3 Å². The molecule has 2 unspecified atom stereocenters. The predicted molar refractivity (Wildman–Crippen MR) is 133 cm³/mol. The third-order valence-corrected chi connectivity index (χ3v) is 7.26. The van der Waals surface area contributed by atoms with Crippen molar-refractivity contribution in [1.82, 2.24) is 10.9 Å². The van der Waals surface area contributed by atoms with E-state index in [9.17, 15) is 40.7 Å². The highest BCUT2D eigenvalue weighted by Crippen LogP contribution is 2.65. The summed E-state index contributed by atoms with van der Waals surface area (Å²) in [5.74, 6) is -9.19. The summed E-state index contributed by atoms with van der Waals surface area (Å²) < 4.78 is 74.3. The van der Waals surface area contributed by atoms with Gasteiger partial charge in [-0.05, 0) is 42.0 Å². The van der Waals surface area contributed by atoms with Crippen LogP contribution in [0.4, 0.5) is 32.0 Å². The number of anilines is 1. The van der Waals surface area contributed by atoms with Gasteiger partial charge in [0.25, 0.3) is 5.91 Å². The Hall–Kier alpha value is -2.12. The number of carbonyl (C=O) groups excluding carboxylic acids is 3. The van der Waals surface area contributed by atoms with Crippen LogP contribution >= 0.6 is 58.0 Å². The van der Waals surface area contributed by atoms with Crippen molar-refractivity contribution in [3.05, 3.63) is 62.6 Å². The largest absolute Gasteiger partial charge is 0.400 e. The summed E-state index contributed by atoms with van der Waals surface area (Å²) in [5, 5.41) is 2.85. The van der Waals surface area contributed by atoms with Gasteiger partial charge in [0.1, 0.15) is 4.33 Å². The molecule has 1 fully saturated rings. The number of halogens is 11. The second-order valence-electron chi connectivity index (χ2n) is 8.36. The van der Waals surface area contributed by atoms with Crippen LogP contribution in [0.1, 0.15) is 28.3 Å². The van der Waals surface area contributed by atoms with Crippen molar-refractivity contribution < 1.29 is 40.7 Å². The van der Waals surface area contributed by atoms with Gasteiger partial charge in [-0.15, -0.1) is 23.2 Å². The van der Waals surface area contributed by atoms with Gasteiger partial charge in [0.05, 0.1) is 16.5 Å². The van der Waals surface area contributed by atoms with Crippen LogP contribution in [0.3, 0.4) is 0 Å². The standard InChI is InChI=1S/C22H14Cl5F6N3O3/c23-9-3-8(4-10(24)5-9)16-17(20(16,26)27)19(39)34-11-1-2-13(25)12(6-11)18(38)36-35-15(37)7-14(21(28,29)30)22(31,32)33/h1-6,14,16-17H,7H2,(H,34,39)(H,35,37)(H,36,38). The number of hydrazine groups is 1. The molecular formula is C22H14Cl5F6N3O3. The first-order valence-corrected chi connectivity index (χ1v) is 12.4. The number of benzene rings is 2. The van der Waals surface area contributed by atoms with Crippen LogP contribution in [-0.4, -0.2) is 34.4 Å². The van der Waals surface area contributed by atoms with E-state index in [4.69, 9.17) is 58.0 Å². The fourth-order valence-electron chi connectivity index (χ4n) is 3.67. The van der Waals surface area contributed by atoms with Crippen molar-refractivity contribution in [3.63, 3.8) is 0 Å². The van der Waals surface area contributed by atoms with Crippen LogP contribution < -0.4 is 16.2 Å². The normalized spacial score (nSPS) is 18.5. The molecule has 1 aliphatic rings. The van der Waals surface area contributed by atoms with Gasteiger partial charge in [0.2, 0.25) is 11.8 Å². The van der Waals surface area contributed by atoms with Crippen LogP contribution in [0.5, 0.6) is 0 Å². The van der Waals surface area contributed by atoms with Crippen molar-refractivity contribution in [2.45, 2.75) is 29.0 Å². The molecule has 2 aromatic rings. The molecule has 17 heteroatoms. The average molecular weight is 660 g/mol. The third kappa shape index (κ3) is 7.55. The van der Waals surface area contributed by atoms with E-state index >= 15 is 0 Å². The van der Waals surface area contributed by atoms with Crippen LogP contribution in [0.2, 0.25) is 15.1 Å². The molecule has 0 aromatic heterocycles. The van der Waals surface area contributed by atoms with E-state index in [1.54, 1.807) is 5.43 Å². The minimum atomic E-state index is -5.74. The monoisotopic (exact) mass is 657 g/mol. The molecule has 3 amide bonds. The van der Waals surface area contributed by atoms with Gasteiger partial charge in [-0.3, -0.25) is 25.2 Å². The Morgan fingerprint density at radius 1 is 0.872 bits per heavy atom. The lowest BCUT2D eigenvalue weighted by Gasteiger charge is -2.22. The molecule has 6 nitrogen and oxygen atoms in total. The number of hydrogen-bond acceptors (Lipinski definition) is 3. The number of carbonyl (C=O) groups is 3. The van der Waals surface area contributed by atoms with E-state index < -0.39 is 58.6 Å². The summed E-state index contributed by atoms with van der Waals surface area (Å²) in [4.78, 5) is 36.9. The quantitative estimate of drug-likeness (QED) is 0.176. The van der Waals surface area contributed by atoms with Gasteiger partial charge in [0, 0.05) is 28.1 Å². The van der Waals surface area contributed by atoms with E-state index in [0.29, 0.717) is 15.6 Å². The predicted octanol–water partition coefficient (Wildman–Crippen LogP) is 7.06. The van der Waals surface area contributed by atoms with Gasteiger partial charge < -0.3 is 5.32 Å². The number of alkyl halides is 8. The Balaban J connectivity index is 1.67. The molecule has 212 valence electrons. The zero-order chi connectivity index (χ0) is 29.5. The molecule has 0 heterocycles. The number of amides is 3. The molecular weight excluding hydrogens is 646 g/mol. The smallest absolute Gasteiger partial charge is 0.326 e. The summed E-state index contributed by atoms with van der Waals surface area (Å²) in [5.41, 5.74) is 3.28. The van der Waals surface area contributed by atoms with Crippen molar-refractivity contribution in [2.24, 2.45) is 11.8 Å². The molecule has 1 saturated carbocycles.